The molecule has 2 amide bonds. The van der Waals surface area contributed by atoms with Crippen molar-refractivity contribution >= 4 is 26.1 Å². The summed E-state index contributed by atoms with van der Waals surface area (Å²) >= 11 is 0. The lowest BCUT2D eigenvalue weighted by Crippen LogP contribution is -2.33. The Labute approximate surface area is 321 Å². The number of ether oxygens (including phenoxy) is 4. The third-order valence-corrected chi connectivity index (χ3v) is 8.74. The van der Waals surface area contributed by atoms with Crippen LogP contribution in [0.5, 0.6) is 0 Å². The highest BCUT2D eigenvalue weighted by Gasteiger charge is 2.29. The van der Waals surface area contributed by atoms with E-state index in [0.717, 1.165) is 60.9 Å². The number of nitrogens with one attached hydrogen (secondary N) is 1. The fraction of sp³-hybridized carbons (Fsp3) is 0.579. The van der Waals surface area contributed by atoms with Gasteiger partial charge in [-0.3, -0.25) is 9.59 Å². The molecular formula is C38H60N5O10P. The molecule has 0 bridgehead atoms. The molecule has 0 saturated carbocycles. The zero-order valence-electron chi connectivity index (χ0n) is 32.5. The van der Waals surface area contributed by atoms with Crippen molar-refractivity contribution in [2.75, 3.05) is 85.6 Å². The number of nitrogens with zero attached hydrogens (tertiary/aromatic N) is 4. The van der Waals surface area contributed by atoms with E-state index < -0.39 is 8.60 Å². The lowest BCUT2D eigenvalue weighted by molar-refractivity contribution is -0.125. The molecule has 2 heterocycles. The van der Waals surface area contributed by atoms with E-state index in [1.165, 1.54) is 7.11 Å². The van der Waals surface area contributed by atoms with Crippen LogP contribution in [-0.4, -0.2) is 118 Å². The summed E-state index contributed by atoms with van der Waals surface area (Å²) in [6.45, 7) is 9.26. The van der Waals surface area contributed by atoms with Gasteiger partial charge in [0.25, 0.3) is 0 Å². The Balaban J connectivity index is 0.00000244. The van der Waals surface area contributed by atoms with E-state index in [0.29, 0.717) is 78.2 Å². The highest BCUT2D eigenvalue weighted by molar-refractivity contribution is 7.40. The van der Waals surface area contributed by atoms with E-state index >= 15 is 0 Å². The summed E-state index contributed by atoms with van der Waals surface area (Å²) in [5, 5.41) is 19.0. The summed E-state index contributed by atoms with van der Waals surface area (Å²) in [7, 11) is 2.26. The second kappa shape index (κ2) is 29.0. The van der Waals surface area contributed by atoms with Crippen molar-refractivity contribution in [2.24, 2.45) is 0 Å². The van der Waals surface area contributed by atoms with Gasteiger partial charge in [0.2, 0.25) is 11.8 Å². The summed E-state index contributed by atoms with van der Waals surface area (Å²) < 4.78 is 33.4. The molecule has 0 aliphatic carbocycles. The summed E-state index contributed by atoms with van der Waals surface area (Å²) in [4.78, 5) is 37.4. The molecule has 1 unspecified atom stereocenters. The molecule has 1 aromatic heterocycles. The Morgan fingerprint density at radius 3 is 2.13 bits per heavy atom. The fourth-order valence-corrected chi connectivity index (χ4v) is 5.87. The van der Waals surface area contributed by atoms with Crippen LogP contribution in [-0.2, 0) is 50.7 Å². The number of hydrogen-bond acceptors (Lipinski definition) is 12. The number of hydrogen-bond donors (Lipinski definition) is 3. The molecule has 1 atom stereocenters. The Morgan fingerprint density at radius 2 is 1.43 bits per heavy atom. The SMILES string of the molecule is CC.CO.COCCOCCOCCOCCn1nnc2c1-c1ccccc1CN(C(=O)CCC(=O)NCCCCCCOP(O)OC)c1ccccc1-2. The van der Waals surface area contributed by atoms with Gasteiger partial charge in [-0.15, -0.1) is 5.10 Å². The van der Waals surface area contributed by atoms with E-state index in [4.69, 9.17) is 33.1 Å². The summed E-state index contributed by atoms with van der Waals surface area (Å²) in [5.74, 6) is -0.297. The normalized spacial score (nSPS) is 12.1. The van der Waals surface area contributed by atoms with Crippen LogP contribution in [0.4, 0.5) is 5.69 Å². The van der Waals surface area contributed by atoms with E-state index in [1.807, 2.05) is 67.1 Å². The molecule has 54 heavy (non-hydrogen) atoms. The molecule has 0 fully saturated rings. The van der Waals surface area contributed by atoms with Crippen molar-refractivity contribution in [1.29, 1.82) is 0 Å². The molecular weight excluding hydrogens is 717 g/mol. The summed E-state index contributed by atoms with van der Waals surface area (Å²) in [6.07, 6.45) is 3.64. The Kier molecular flexibility index (Phi) is 25.1. The van der Waals surface area contributed by atoms with Crippen LogP contribution in [0.1, 0.15) is 57.9 Å². The number of unbranched alkanes of at least 4 members (excludes halogenated alkanes) is 3. The molecule has 0 saturated heterocycles. The third kappa shape index (κ3) is 16.2. The first-order valence-corrected chi connectivity index (χ1v) is 19.7. The summed E-state index contributed by atoms with van der Waals surface area (Å²) in [6, 6.07) is 15.7. The number of benzene rings is 2. The average Bonchev–Trinajstić information content (AvgIpc) is 3.62. The number of anilines is 1. The molecule has 302 valence electrons. The van der Waals surface area contributed by atoms with Crippen molar-refractivity contribution in [2.45, 2.75) is 65.5 Å². The minimum absolute atomic E-state index is 0.0742. The third-order valence-electron chi connectivity index (χ3n) is 8.03. The van der Waals surface area contributed by atoms with Gasteiger partial charge in [-0.05, 0) is 24.5 Å². The first-order valence-electron chi connectivity index (χ1n) is 18.5. The number of amides is 2. The highest BCUT2D eigenvalue weighted by atomic mass is 31.2. The number of para-hydroxylation sites is 1. The smallest absolute Gasteiger partial charge is 0.329 e. The van der Waals surface area contributed by atoms with E-state index in [2.05, 4.69) is 15.6 Å². The molecule has 1 aliphatic rings. The maximum atomic E-state index is 13.8. The lowest BCUT2D eigenvalue weighted by Gasteiger charge is -2.28. The predicted octanol–water partition coefficient (Wildman–Crippen LogP) is 5.13. The molecule has 3 N–H and O–H groups in total. The second-order valence-corrected chi connectivity index (χ2v) is 12.6. The maximum Gasteiger partial charge on any atom is 0.329 e. The Morgan fingerprint density at radius 1 is 0.796 bits per heavy atom. The Hall–Kier alpha value is -3.37. The number of aromatic nitrogens is 3. The van der Waals surface area contributed by atoms with Crippen LogP contribution in [0.3, 0.4) is 0 Å². The molecule has 15 nitrogen and oxygen atoms in total. The molecule has 1 aliphatic heterocycles. The predicted molar refractivity (Wildman–Crippen MR) is 209 cm³/mol. The van der Waals surface area contributed by atoms with Gasteiger partial charge in [0.05, 0.1) is 77.3 Å². The van der Waals surface area contributed by atoms with Gasteiger partial charge in [-0.1, -0.05) is 74.4 Å². The van der Waals surface area contributed by atoms with Gasteiger partial charge in [0, 0.05) is 51.8 Å². The van der Waals surface area contributed by atoms with Gasteiger partial charge in [-0.2, -0.15) is 0 Å². The zero-order chi connectivity index (χ0) is 39.4. The van der Waals surface area contributed by atoms with Crippen molar-refractivity contribution in [1.82, 2.24) is 20.3 Å². The largest absolute Gasteiger partial charge is 0.400 e. The highest BCUT2D eigenvalue weighted by Crippen LogP contribution is 2.41. The van der Waals surface area contributed by atoms with Gasteiger partial charge < -0.3 is 48.2 Å². The lowest BCUT2D eigenvalue weighted by atomic mass is 9.95. The molecule has 16 heteroatoms. The van der Waals surface area contributed by atoms with Crippen molar-refractivity contribution in [3.8, 4) is 22.5 Å². The number of rotatable bonds is 24. The van der Waals surface area contributed by atoms with E-state index in [-0.39, 0.29) is 24.7 Å². The maximum absolute atomic E-state index is 13.8. The van der Waals surface area contributed by atoms with Crippen LogP contribution in [0, 0.1) is 0 Å². The van der Waals surface area contributed by atoms with Crippen LogP contribution < -0.4 is 10.2 Å². The number of methoxy groups -OCH3 is 1. The first kappa shape index (κ1) is 46.8. The molecule has 2 aromatic carbocycles. The molecule has 0 radical (unpaired) electrons. The van der Waals surface area contributed by atoms with Crippen LogP contribution in [0.2, 0.25) is 0 Å². The summed E-state index contributed by atoms with van der Waals surface area (Å²) in [5.41, 5.74) is 4.97. The molecule has 3 aromatic rings. The first-order chi connectivity index (χ1) is 26.5. The zero-order valence-corrected chi connectivity index (χ0v) is 33.4. The van der Waals surface area contributed by atoms with Gasteiger partial charge >= 0.3 is 8.60 Å². The van der Waals surface area contributed by atoms with Gasteiger partial charge in [0.1, 0.15) is 5.69 Å². The van der Waals surface area contributed by atoms with E-state index in [1.54, 1.807) is 12.0 Å². The van der Waals surface area contributed by atoms with Crippen LogP contribution in [0.15, 0.2) is 48.5 Å². The van der Waals surface area contributed by atoms with Gasteiger partial charge in [0.15, 0.2) is 0 Å². The monoisotopic (exact) mass is 777 g/mol. The standard InChI is InChI=1S/C35H50N5O9P.C2H6.CH4O/c1-44-21-22-47-25-26-48-24-23-46-20-18-40-35-29-12-6-5-11-28(29)27-39(31-14-8-7-13-30(31)34(35)37-38-40)33(42)16-15-32(41)36-17-9-3-4-10-19-49-50(43)45-2;2*1-2/h5-8,11-14,43H,3-4,9-10,15-27H2,1-2H3,(H,36,41);1-2H3;2H,1H3. The molecule has 0 spiro atoms. The molecule has 4 rings (SSSR count). The van der Waals surface area contributed by atoms with Crippen LogP contribution >= 0.6 is 8.60 Å². The van der Waals surface area contributed by atoms with Crippen molar-refractivity contribution in [3.05, 3.63) is 54.1 Å². The number of aliphatic hydroxyl groups is 1. The van der Waals surface area contributed by atoms with E-state index in [9.17, 15) is 14.5 Å². The minimum Gasteiger partial charge on any atom is -0.400 e. The quantitative estimate of drug-likeness (QED) is 0.0809. The number of aliphatic hydroxyl groups excluding tert-OH is 1. The topological polar surface area (TPSA) is 176 Å². The van der Waals surface area contributed by atoms with Crippen molar-refractivity contribution < 1.29 is 47.6 Å². The second-order valence-electron chi connectivity index (χ2n) is 11.5. The van der Waals surface area contributed by atoms with Crippen molar-refractivity contribution in [3.63, 3.8) is 0 Å². The fourth-order valence-electron chi connectivity index (χ4n) is 5.48. The number of carbonyl (C=O) groups is 2. The number of carbonyl (C=O) groups excluding carboxylic acids is 2. The van der Waals surface area contributed by atoms with Crippen LogP contribution in [0.25, 0.3) is 22.5 Å². The number of fused-ring (bicyclic) bond motifs is 5. The van der Waals surface area contributed by atoms with Gasteiger partial charge in [-0.25, -0.2) is 4.68 Å². The minimum atomic E-state index is -1.78. The Bertz CT molecular complexity index is 1460. The average molecular weight is 778 g/mol.